The standard InChI is InChI=1S/C20H23BN4O3/c1-13-17(21(27)28)3-2-4-18(13)24-20-19-15(5-7-22-20)9-14(10-23-19)11-25-8-6-16(26)12-25/h2-5,7,9-10,16,26-28H,6,8,11-12H2,1H3,(H,22,24)/p+1. The summed E-state index contributed by atoms with van der Waals surface area (Å²) in [4.78, 5) is 11.3. The summed E-state index contributed by atoms with van der Waals surface area (Å²) in [6.07, 6.45) is 4.20. The summed E-state index contributed by atoms with van der Waals surface area (Å²) in [7, 11) is -1.27. The number of anilines is 2. The number of aromatic nitrogens is 2. The van der Waals surface area contributed by atoms with Crippen LogP contribution < -0.4 is 10.8 Å². The quantitative estimate of drug-likeness (QED) is 0.445. The normalized spacial score (nSPS) is 17.2. The van der Waals surface area contributed by atoms with E-state index in [9.17, 15) is 10.1 Å². The van der Waals surface area contributed by atoms with Crippen molar-refractivity contribution in [1.82, 2.24) is 14.9 Å². The zero-order valence-electron chi connectivity index (χ0n) is 15.8. The molecule has 0 bridgehead atoms. The van der Waals surface area contributed by atoms with Crippen LogP contribution in [0.5, 0.6) is 0 Å². The number of benzene rings is 1. The van der Waals surface area contributed by atoms with E-state index in [-0.39, 0.29) is 6.10 Å². The van der Waals surface area contributed by atoms with E-state index in [0.29, 0.717) is 17.8 Å². The molecule has 1 aliphatic heterocycles. The number of hydrogen-bond acceptors (Lipinski definition) is 6. The number of rotatable bonds is 5. The van der Waals surface area contributed by atoms with E-state index in [2.05, 4.69) is 26.3 Å². The van der Waals surface area contributed by atoms with Gasteiger partial charge < -0.3 is 20.5 Å². The molecule has 1 atom stereocenters. The van der Waals surface area contributed by atoms with Crippen LogP contribution in [0.3, 0.4) is 0 Å². The lowest BCUT2D eigenvalue weighted by Gasteiger charge is -2.16. The summed E-state index contributed by atoms with van der Waals surface area (Å²) in [5.41, 5.74) is 4.04. The average molecular weight is 379 g/mol. The van der Waals surface area contributed by atoms with E-state index in [4.69, 9.17) is 5.02 Å². The van der Waals surface area contributed by atoms with Crippen LogP contribution in [0.1, 0.15) is 17.5 Å². The maximum Gasteiger partial charge on any atom is 0.728 e. The Hall–Kier alpha value is -2.52. The van der Waals surface area contributed by atoms with E-state index in [1.807, 2.05) is 31.3 Å². The van der Waals surface area contributed by atoms with Gasteiger partial charge in [-0.15, -0.1) is 0 Å². The molecular formula is C20H24BN4O3+. The highest BCUT2D eigenvalue weighted by molar-refractivity contribution is 6.59. The molecule has 28 heavy (non-hydrogen) atoms. The van der Waals surface area contributed by atoms with Gasteiger partial charge in [-0.25, -0.2) is 4.98 Å². The highest BCUT2D eigenvalue weighted by Gasteiger charge is 2.25. The SMILES string of the molecule is Cc1c(Nc2nccc3cc(CN4CCC(O)C4)cnc23)cccc1B(O)[OH2+]. The van der Waals surface area contributed by atoms with Crippen LogP contribution in [0, 0.1) is 6.92 Å². The van der Waals surface area contributed by atoms with Gasteiger partial charge in [0.1, 0.15) is 5.52 Å². The smallest absolute Gasteiger partial charge is 0.522 e. The number of pyridine rings is 2. The van der Waals surface area contributed by atoms with Gasteiger partial charge in [0, 0.05) is 43.1 Å². The number of nitrogens with one attached hydrogen (secondary N) is 1. The van der Waals surface area contributed by atoms with Crippen molar-refractivity contribution in [3.63, 3.8) is 0 Å². The Kier molecular flexibility index (Phi) is 5.28. The van der Waals surface area contributed by atoms with E-state index >= 15 is 0 Å². The summed E-state index contributed by atoms with van der Waals surface area (Å²) < 4.78 is 0. The predicted molar refractivity (Wildman–Crippen MR) is 111 cm³/mol. The van der Waals surface area contributed by atoms with Crippen molar-refractivity contribution >= 4 is 35.0 Å². The number of nitrogens with zero attached hydrogens (tertiary/aromatic N) is 3. The highest BCUT2D eigenvalue weighted by Crippen LogP contribution is 2.25. The second-order valence-corrected chi connectivity index (χ2v) is 7.30. The molecule has 8 heteroatoms. The number of fused-ring (bicyclic) bond motifs is 1. The first-order chi connectivity index (χ1) is 13.5. The first kappa shape index (κ1) is 18.8. The molecule has 0 radical (unpaired) electrons. The molecule has 144 valence electrons. The molecule has 5 N–H and O–H groups in total. The predicted octanol–water partition coefficient (Wildman–Crippen LogP) is 0.661. The molecule has 0 saturated carbocycles. The third-order valence-corrected chi connectivity index (χ3v) is 5.23. The van der Waals surface area contributed by atoms with Gasteiger partial charge in [0.05, 0.1) is 11.6 Å². The molecule has 0 aliphatic carbocycles. The molecule has 1 aromatic carbocycles. The minimum atomic E-state index is -1.27. The molecule has 0 spiro atoms. The van der Waals surface area contributed by atoms with E-state index in [1.165, 1.54) is 0 Å². The largest absolute Gasteiger partial charge is 0.728 e. The topological polar surface area (TPSA) is 104 Å². The fourth-order valence-electron chi connectivity index (χ4n) is 3.71. The second kappa shape index (κ2) is 7.85. The number of hydrogen-bond donors (Lipinski definition) is 3. The first-order valence-corrected chi connectivity index (χ1v) is 9.41. The highest BCUT2D eigenvalue weighted by atomic mass is 16.4. The number of aliphatic hydroxyl groups is 1. The first-order valence-electron chi connectivity index (χ1n) is 9.41. The molecule has 2 aromatic heterocycles. The van der Waals surface area contributed by atoms with Crippen molar-refractivity contribution < 1.29 is 15.2 Å². The Bertz CT molecular complexity index is 998. The van der Waals surface area contributed by atoms with Gasteiger partial charge in [0.25, 0.3) is 0 Å². The summed E-state index contributed by atoms with van der Waals surface area (Å²) in [5, 5.41) is 31.2. The minimum Gasteiger partial charge on any atom is -0.522 e. The van der Waals surface area contributed by atoms with Crippen LogP contribution in [-0.2, 0) is 6.54 Å². The van der Waals surface area contributed by atoms with Gasteiger partial charge in [-0.2, -0.15) is 0 Å². The maximum atomic E-state index is 9.70. The number of likely N-dealkylation sites (tertiary alicyclic amines) is 1. The Balaban J connectivity index is 1.61. The molecule has 3 aromatic rings. The Morgan fingerprint density at radius 3 is 2.93 bits per heavy atom. The molecule has 1 fully saturated rings. The summed E-state index contributed by atoms with van der Waals surface area (Å²) in [6, 6.07) is 9.50. The molecular weight excluding hydrogens is 355 g/mol. The van der Waals surface area contributed by atoms with Crippen molar-refractivity contribution in [2.75, 3.05) is 18.4 Å². The minimum absolute atomic E-state index is 0.227. The summed E-state index contributed by atoms with van der Waals surface area (Å²) in [5.74, 6) is 0.639. The Morgan fingerprint density at radius 2 is 2.18 bits per heavy atom. The van der Waals surface area contributed by atoms with Crippen LogP contribution >= 0.6 is 0 Å². The molecule has 4 rings (SSSR count). The third kappa shape index (κ3) is 3.86. The molecule has 1 aliphatic rings. The molecule has 0 amide bonds. The van der Waals surface area contributed by atoms with Crippen LogP contribution in [0.15, 0.2) is 42.7 Å². The van der Waals surface area contributed by atoms with Crippen molar-refractivity contribution in [2.24, 2.45) is 0 Å². The lowest BCUT2D eigenvalue weighted by Crippen LogP contribution is -2.32. The van der Waals surface area contributed by atoms with Crippen molar-refractivity contribution in [2.45, 2.75) is 26.0 Å². The Labute approximate surface area is 163 Å². The average Bonchev–Trinajstić information content (AvgIpc) is 3.08. The van der Waals surface area contributed by atoms with Gasteiger partial charge in [-0.1, -0.05) is 12.1 Å². The second-order valence-electron chi connectivity index (χ2n) is 7.30. The summed E-state index contributed by atoms with van der Waals surface area (Å²) >= 11 is 0. The van der Waals surface area contributed by atoms with Crippen LogP contribution in [0.25, 0.3) is 10.9 Å². The lowest BCUT2D eigenvalue weighted by molar-refractivity contribution is 0.175. The van der Waals surface area contributed by atoms with Gasteiger partial charge >= 0.3 is 7.12 Å². The monoisotopic (exact) mass is 379 g/mol. The van der Waals surface area contributed by atoms with E-state index < -0.39 is 7.12 Å². The van der Waals surface area contributed by atoms with Gasteiger partial charge in [-0.05, 0) is 42.7 Å². The van der Waals surface area contributed by atoms with Crippen molar-refractivity contribution in [1.29, 1.82) is 0 Å². The fraction of sp³-hybridized carbons (Fsp3) is 0.300. The van der Waals surface area contributed by atoms with E-state index in [0.717, 1.165) is 47.2 Å². The van der Waals surface area contributed by atoms with E-state index in [1.54, 1.807) is 12.3 Å². The van der Waals surface area contributed by atoms with Crippen LogP contribution in [0.4, 0.5) is 11.5 Å². The lowest BCUT2D eigenvalue weighted by atomic mass is 9.77. The van der Waals surface area contributed by atoms with Gasteiger partial charge in [0.2, 0.25) is 0 Å². The molecule has 1 unspecified atom stereocenters. The Morgan fingerprint density at radius 1 is 1.32 bits per heavy atom. The zero-order chi connectivity index (χ0) is 19.7. The molecule has 7 nitrogen and oxygen atoms in total. The zero-order valence-corrected chi connectivity index (χ0v) is 15.8. The fourth-order valence-corrected chi connectivity index (χ4v) is 3.71. The third-order valence-electron chi connectivity index (χ3n) is 5.23. The van der Waals surface area contributed by atoms with Crippen molar-refractivity contribution in [3.05, 3.63) is 53.9 Å². The number of β-amino-alcohol motifs (C(OH)–C–C–N with tert-alkyl or cyclic N) is 1. The number of aliphatic hydroxyl groups excluding tert-OH is 1. The maximum absolute atomic E-state index is 9.70. The van der Waals surface area contributed by atoms with Crippen LogP contribution in [-0.4, -0.2) is 56.3 Å². The summed E-state index contributed by atoms with van der Waals surface area (Å²) in [6.45, 7) is 4.25. The molecule has 1 saturated heterocycles. The van der Waals surface area contributed by atoms with Crippen molar-refractivity contribution in [3.8, 4) is 0 Å². The van der Waals surface area contributed by atoms with Gasteiger partial charge in [0.15, 0.2) is 5.82 Å². The van der Waals surface area contributed by atoms with Crippen LogP contribution in [0.2, 0.25) is 0 Å². The van der Waals surface area contributed by atoms with Gasteiger partial charge in [-0.3, -0.25) is 9.88 Å². The molecule has 3 heterocycles.